The number of anilines is 3. The van der Waals surface area contributed by atoms with Crippen LogP contribution in [0.1, 0.15) is 32.6 Å². The van der Waals surface area contributed by atoms with E-state index in [-0.39, 0.29) is 11.5 Å². The minimum absolute atomic E-state index is 0.00431. The van der Waals surface area contributed by atoms with Crippen LogP contribution in [0.2, 0.25) is 0 Å². The van der Waals surface area contributed by atoms with Gasteiger partial charge in [0.2, 0.25) is 0 Å². The number of methoxy groups -OCH3 is 1. The van der Waals surface area contributed by atoms with Crippen LogP contribution < -0.4 is 15.8 Å². The molecule has 1 aliphatic rings. The van der Waals surface area contributed by atoms with E-state index in [0.717, 1.165) is 23.3 Å². The van der Waals surface area contributed by atoms with Crippen LogP contribution in [0, 0.1) is 0 Å². The summed E-state index contributed by atoms with van der Waals surface area (Å²) < 4.78 is 43.7. The lowest BCUT2D eigenvalue weighted by Crippen LogP contribution is -2.07. The standard InChI is InChI=1S/C23H19F3N2O2/c1-30-17-7-4-13-2-3-14-10-16(6-8-18(14)22(29)19(13)12-17)28-21-9-5-15(11-20(21)27)23(24,25)26/h4-12,28H,2-3,27H2,1H3. The molecule has 30 heavy (non-hydrogen) atoms. The van der Waals surface area contributed by atoms with Crippen molar-refractivity contribution >= 4 is 22.8 Å². The van der Waals surface area contributed by atoms with E-state index >= 15 is 0 Å². The molecule has 154 valence electrons. The molecule has 3 aromatic carbocycles. The Labute approximate surface area is 171 Å². The topological polar surface area (TPSA) is 64.3 Å². The van der Waals surface area contributed by atoms with Crippen molar-refractivity contribution in [1.29, 1.82) is 0 Å². The van der Waals surface area contributed by atoms with Crippen LogP contribution in [0.25, 0.3) is 0 Å². The lowest BCUT2D eigenvalue weighted by Gasteiger charge is -2.14. The number of ether oxygens (including phenoxy) is 1. The van der Waals surface area contributed by atoms with E-state index in [9.17, 15) is 18.0 Å². The lowest BCUT2D eigenvalue weighted by molar-refractivity contribution is -0.137. The Bertz CT molecular complexity index is 1140. The maximum Gasteiger partial charge on any atom is 0.416 e. The number of carbonyl (C=O) groups excluding carboxylic acids is 1. The van der Waals surface area contributed by atoms with Gasteiger partial charge in [0, 0.05) is 16.8 Å². The molecule has 0 aromatic heterocycles. The Morgan fingerprint density at radius 2 is 1.70 bits per heavy atom. The highest BCUT2D eigenvalue weighted by Gasteiger charge is 2.30. The largest absolute Gasteiger partial charge is 0.497 e. The summed E-state index contributed by atoms with van der Waals surface area (Å²) in [6.07, 6.45) is -3.09. The zero-order valence-corrected chi connectivity index (χ0v) is 16.1. The van der Waals surface area contributed by atoms with E-state index in [4.69, 9.17) is 10.5 Å². The van der Waals surface area contributed by atoms with Gasteiger partial charge in [-0.05, 0) is 72.5 Å². The number of carbonyl (C=O) groups is 1. The molecule has 3 aromatic rings. The quantitative estimate of drug-likeness (QED) is 0.568. The number of nitrogens with one attached hydrogen (secondary N) is 1. The molecule has 0 unspecified atom stereocenters. The number of nitrogen functional groups attached to an aromatic ring is 1. The normalized spacial score (nSPS) is 13.3. The summed E-state index contributed by atoms with van der Waals surface area (Å²) in [7, 11) is 1.56. The van der Waals surface area contributed by atoms with Gasteiger partial charge in [0.25, 0.3) is 0 Å². The Hall–Kier alpha value is -3.48. The van der Waals surface area contributed by atoms with Gasteiger partial charge in [0.15, 0.2) is 5.78 Å². The van der Waals surface area contributed by atoms with Crippen LogP contribution in [-0.2, 0) is 19.0 Å². The Morgan fingerprint density at radius 1 is 0.933 bits per heavy atom. The molecular formula is C23H19F3N2O2. The lowest BCUT2D eigenvalue weighted by atomic mass is 9.98. The van der Waals surface area contributed by atoms with Crippen molar-refractivity contribution in [1.82, 2.24) is 0 Å². The van der Waals surface area contributed by atoms with E-state index in [2.05, 4.69) is 5.32 Å². The molecule has 3 N–H and O–H groups in total. The maximum absolute atomic E-state index is 13.0. The summed E-state index contributed by atoms with van der Waals surface area (Å²) in [5, 5.41) is 3.05. The van der Waals surface area contributed by atoms with Crippen molar-refractivity contribution < 1.29 is 22.7 Å². The van der Waals surface area contributed by atoms with Gasteiger partial charge in [-0.2, -0.15) is 13.2 Å². The monoisotopic (exact) mass is 412 g/mol. The maximum atomic E-state index is 13.0. The van der Waals surface area contributed by atoms with Gasteiger partial charge in [-0.25, -0.2) is 0 Å². The van der Waals surface area contributed by atoms with Crippen molar-refractivity contribution in [3.63, 3.8) is 0 Å². The second-order valence-corrected chi connectivity index (χ2v) is 7.15. The Kier molecular flexibility index (Phi) is 4.89. The number of halogens is 3. The van der Waals surface area contributed by atoms with Crippen molar-refractivity contribution in [2.45, 2.75) is 19.0 Å². The second kappa shape index (κ2) is 7.40. The third kappa shape index (κ3) is 3.70. The second-order valence-electron chi connectivity index (χ2n) is 7.15. The van der Waals surface area contributed by atoms with Gasteiger partial charge in [0.05, 0.1) is 24.0 Å². The van der Waals surface area contributed by atoms with Crippen LogP contribution in [0.3, 0.4) is 0 Å². The molecule has 0 saturated carbocycles. The molecule has 0 heterocycles. The fourth-order valence-electron chi connectivity index (χ4n) is 3.63. The first-order valence-electron chi connectivity index (χ1n) is 9.34. The number of fused-ring (bicyclic) bond motifs is 2. The zero-order valence-electron chi connectivity index (χ0n) is 16.1. The van der Waals surface area contributed by atoms with Crippen LogP contribution in [0.5, 0.6) is 5.75 Å². The summed E-state index contributed by atoms with van der Waals surface area (Å²) in [5.74, 6) is 0.554. The summed E-state index contributed by atoms with van der Waals surface area (Å²) in [4.78, 5) is 13.0. The third-order valence-electron chi connectivity index (χ3n) is 5.23. The van der Waals surface area contributed by atoms with Crippen LogP contribution in [0.15, 0.2) is 54.6 Å². The molecule has 0 aliphatic heterocycles. The first kappa shape index (κ1) is 19.8. The minimum atomic E-state index is -4.45. The molecule has 4 rings (SSSR count). The molecule has 0 amide bonds. The fraction of sp³-hybridized carbons (Fsp3) is 0.174. The third-order valence-corrected chi connectivity index (χ3v) is 5.23. The predicted octanol–water partition coefficient (Wildman–Crippen LogP) is 5.37. The van der Waals surface area contributed by atoms with Crippen molar-refractivity contribution in [3.05, 3.63) is 82.4 Å². The number of ketones is 1. The fourth-order valence-corrected chi connectivity index (χ4v) is 3.63. The summed E-state index contributed by atoms with van der Waals surface area (Å²) >= 11 is 0. The number of benzene rings is 3. The molecule has 0 bridgehead atoms. The molecule has 7 heteroatoms. The van der Waals surface area contributed by atoms with Gasteiger partial charge in [-0.15, -0.1) is 0 Å². The number of alkyl halides is 3. The molecule has 0 spiro atoms. The number of rotatable bonds is 3. The van der Waals surface area contributed by atoms with Crippen LogP contribution in [0.4, 0.5) is 30.2 Å². The van der Waals surface area contributed by atoms with Gasteiger partial charge >= 0.3 is 6.18 Å². The summed E-state index contributed by atoms with van der Waals surface area (Å²) in [6.45, 7) is 0. The zero-order chi connectivity index (χ0) is 21.5. The van der Waals surface area contributed by atoms with Gasteiger partial charge in [-0.3, -0.25) is 4.79 Å². The molecular weight excluding hydrogens is 393 g/mol. The first-order chi connectivity index (χ1) is 14.3. The Balaban J connectivity index is 1.63. The SMILES string of the molecule is COc1ccc2c(c1)C(=O)c1ccc(Nc3ccc(C(F)(F)F)cc3N)cc1CC2. The predicted molar refractivity (Wildman–Crippen MR) is 109 cm³/mol. The average molecular weight is 412 g/mol. The number of hydrogen-bond donors (Lipinski definition) is 2. The summed E-state index contributed by atoms with van der Waals surface area (Å²) in [6, 6.07) is 14.0. The van der Waals surface area contributed by atoms with Gasteiger partial charge in [0.1, 0.15) is 5.75 Å². The smallest absolute Gasteiger partial charge is 0.416 e. The van der Waals surface area contributed by atoms with Gasteiger partial charge < -0.3 is 15.8 Å². The highest BCUT2D eigenvalue weighted by atomic mass is 19.4. The van der Waals surface area contributed by atoms with E-state index in [1.54, 1.807) is 25.3 Å². The number of nitrogens with two attached hydrogens (primary N) is 1. The minimum Gasteiger partial charge on any atom is -0.497 e. The molecule has 0 fully saturated rings. The highest BCUT2D eigenvalue weighted by Crippen LogP contribution is 2.35. The van der Waals surface area contributed by atoms with Crippen LogP contribution >= 0.6 is 0 Å². The molecule has 0 atom stereocenters. The molecule has 0 radical (unpaired) electrons. The van der Waals surface area contributed by atoms with Crippen molar-refractivity contribution in [2.75, 3.05) is 18.2 Å². The van der Waals surface area contributed by atoms with Crippen molar-refractivity contribution in [2.24, 2.45) is 0 Å². The number of aryl methyl sites for hydroxylation is 2. The van der Waals surface area contributed by atoms with Crippen molar-refractivity contribution in [3.8, 4) is 5.75 Å². The highest BCUT2D eigenvalue weighted by molar-refractivity contribution is 6.11. The average Bonchev–Trinajstić information content (AvgIpc) is 2.85. The Morgan fingerprint density at radius 3 is 2.40 bits per heavy atom. The van der Waals surface area contributed by atoms with E-state index in [1.165, 1.54) is 6.07 Å². The number of hydrogen-bond acceptors (Lipinski definition) is 4. The molecule has 1 aliphatic carbocycles. The molecule has 0 saturated heterocycles. The van der Waals surface area contributed by atoms with Gasteiger partial charge in [-0.1, -0.05) is 6.07 Å². The van der Waals surface area contributed by atoms with Crippen LogP contribution in [-0.4, -0.2) is 12.9 Å². The van der Waals surface area contributed by atoms with E-state index < -0.39 is 11.7 Å². The van der Waals surface area contributed by atoms with E-state index in [0.29, 0.717) is 41.1 Å². The first-order valence-corrected chi connectivity index (χ1v) is 9.34. The summed E-state index contributed by atoms with van der Waals surface area (Å²) in [5.41, 5.74) is 9.08. The molecule has 4 nitrogen and oxygen atoms in total. The van der Waals surface area contributed by atoms with E-state index in [1.807, 2.05) is 18.2 Å².